The number of benzene rings is 8. The van der Waals surface area contributed by atoms with E-state index < -0.39 is 0 Å². The van der Waals surface area contributed by atoms with Gasteiger partial charge in [0.25, 0.3) is 0 Å². The Labute approximate surface area is 805 Å². The summed E-state index contributed by atoms with van der Waals surface area (Å²) in [6.45, 7) is 19.6. The van der Waals surface area contributed by atoms with E-state index in [0.29, 0.717) is 147 Å². The van der Waals surface area contributed by atoms with E-state index in [2.05, 4.69) is 78.2 Å². The second kappa shape index (κ2) is 40.0. The van der Waals surface area contributed by atoms with Gasteiger partial charge in [-0.05, 0) is 270 Å². The topological polar surface area (TPSA) is 397 Å². The zero-order chi connectivity index (χ0) is 95.5. The molecule has 0 radical (unpaired) electrons. The molecule has 4 atom stereocenters. The number of likely N-dealkylation sites (tertiary alicyclic amines) is 4. The molecule has 696 valence electrons. The van der Waals surface area contributed by atoms with Gasteiger partial charge in [-0.15, -0.1) is 0 Å². The third kappa shape index (κ3) is 18.9. The lowest BCUT2D eigenvalue weighted by atomic mass is 9.80. The summed E-state index contributed by atoms with van der Waals surface area (Å²) in [6, 6.07) is 55.7. The Hall–Kier alpha value is -13.1. The largest absolute Gasteiger partial charge is 0.490 e. The molecule has 4 saturated heterocycles. The number of carbonyl (C=O) groups excluding carboxylic acids is 4. The SMILES string of the molecule is CC(C)Oc1ccc(-c2nc(-c3cccc4c3CC[C@@]43CC(=O)N(CCO)C3)ns2)cc1C#N.CC(C)Oc1ccc(-c2nc(-c3cccc4c3CC[C@]43CC(=O)N(CCO)C3)ns2)cc1C#N.CC(C)Oc1ccc(-c2nsc(-c3cccc4c3CC[C@@]43CC(=O)N(CCO)C3)n2)cc1C#N.CC(C)Oc1ccc(-c2nsc(-c3cccc4c3CC[C@]43CC(=O)N(CCO)C3)n2)cc1C#N. The summed E-state index contributed by atoms with van der Waals surface area (Å²) in [5.41, 5.74) is 18.2. The first-order chi connectivity index (χ1) is 65.7. The van der Waals surface area contributed by atoms with Gasteiger partial charge in [-0.3, -0.25) is 19.2 Å². The van der Waals surface area contributed by atoms with Crippen LogP contribution >= 0.6 is 46.1 Å². The molecular formula is C104H104N16O12S4. The Morgan fingerprint density at radius 2 is 0.574 bits per heavy atom. The number of fused-ring (bicyclic) bond motifs is 8. The highest BCUT2D eigenvalue weighted by Crippen LogP contribution is 2.54. The average Bonchev–Trinajstić information content (AvgIpc) is 1.59. The van der Waals surface area contributed by atoms with Gasteiger partial charge in [0.05, 0.1) is 73.1 Å². The first-order valence-corrected chi connectivity index (χ1v) is 49.1. The summed E-state index contributed by atoms with van der Waals surface area (Å²) in [5.74, 6) is 5.22. The van der Waals surface area contributed by atoms with Gasteiger partial charge >= 0.3 is 0 Å². The molecule has 136 heavy (non-hydrogen) atoms. The van der Waals surface area contributed by atoms with Crippen LogP contribution in [0.2, 0.25) is 0 Å². The third-order valence-corrected chi connectivity index (χ3v) is 29.8. The van der Waals surface area contributed by atoms with Crippen LogP contribution in [-0.2, 0) is 66.5 Å². The molecular weight excluding hydrogens is 1790 g/mol. The fourth-order valence-corrected chi connectivity index (χ4v) is 23.6. The highest BCUT2D eigenvalue weighted by atomic mass is 32.1. The van der Waals surface area contributed by atoms with E-state index in [4.69, 9.17) is 38.9 Å². The number of β-amino-alcohol motifs (C(OH)–C–C–N with tert-alkyl or cyclic N) is 4. The minimum atomic E-state index is -0.190. The normalized spacial score (nSPS) is 19.1. The number of hydrogen-bond acceptors (Lipinski definition) is 28. The zero-order valence-electron chi connectivity index (χ0n) is 77.0. The van der Waals surface area contributed by atoms with Crippen LogP contribution in [0.3, 0.4) is 0 Å². The van der Waals surface area contributed by atoms with E-state index in [1.165, 1.54) is 90.6 Å². The molecule has 0 unspecified atom stereocenters. The maximum Gasteiger partial charge on any atom is 0.223 e. The van der Waals surface area contributed by atoms with Gasteiger partial charge in [0.1, 0.15) is 67.3 Å². The van der Waals surface area contributed by atoms with Crippen LogP contribution in [0.4, 0.5) is 0 Å². The van der Waals surface area contributed by atoms with Gasteiger partial charge in [0.2, 0.25) is 23.6 Å². The summed E-state index contributed by atoms with van der Waals surface area (Å²) in [5, 5.41) is 78.6. The average molecular weight is 1900 g/mol. The molecule has 28 nitrogen and oxygen atoms in total. The Balaban J connectivity index is 0.000000126. The van der Waals surface area contributed by atoms with Crippen molar-refractivity contribution in [3.8, 4) is 135 Å². The number of aliphatic hydroxyl groups excluding tert-OH is 4. The van der Waals surface area contributed by atoms with E-state index in [-0.39, 0.29) is 96.1 Å². The Morgan fingerprint density at radius 1 is 0.331 bits per heavy atom. The lowest BCUT2D eigenvalue weighted by Crippen LogP contribution is -2.32. The highest BCUT2D eigenvalue weighted by molar-refractivity contribution is 7.10. The van der Waals surface area contributed by atoms with E-state index in [1.54, 1.807) is 56.0 Å². The number of amides is 4. The van der Waals surface area contributed by atoms with Crippen LogP contribution in [0.5, 0.6) is 23.0 Å². The van der Waals surface area contributed by atoms with Gasteiger partial charge in [-0.2, -0.15) is 38.5 Å². The number of ether oxygens (including phenoxy) is 4. The molecule has 0 bridgehead atoms. The van der Waals surface area contributed by atoms with Crippen LogP contribution in [-0.4, -0.2) is 204 Å². The smallest absolute Gasteiger partial charge is 0.223 e. The molecule has 4 spiro atoms. The molecule has 4 aromatic heterocycles. The first-order valence-electron chi connectivity index (χ1n) is 46.0. The molecule has 20 rings (SSSR count). The van der Waals surface area contributed by atoms with E-state index in [9.17, 15) is 60.7 Å². The number of hydrogen-bond donors (Lipinski definition) is 4. The van der Waals surface area contributed by atoms with Crippen LogP contribution in [0, 0.1) is 45.3 Å². The van der Waals surface area contributed by atoms with Gasteiger partial charge in [-0.1, -0.05) is 72.8 Å². The molecule has 32 heteroatoms. The fraction of sp³-hybridized carbons (Fsp3) is 0.385. The summed E-state index contributed by atoms with van der Waals surface area (Å²) in [4.78, 5) is 76.6. The molecule has 4 fully saturated rings. The summed E-state index contributed by atoms with van der Waals surface area (Å²) in [7, 11) is 0. The molecule has 4 N–H and O–H groups in total. The summed E-state index contributed by atoms with van der Waals surface area (Å²) in [6.07, 6.45) is 9.08. The maximum atomic E-state index is 12.5. The quantitative estimate of drug-likeness (QED) is 0.0436. The minimum Gasteiger partial charge on any atom is -0.490 e. The van der Waals surface area contributed by atoms with Crippen LogP contribution < -0.4 is 18.9 Å². The second-order valence-electron chi connectivity index (χ2n) is 37.0. The molecule has 12 aromatic rings. The van der Waals surface area contributed by atoms with E-state index in [1.807, 2.05) is 128 Å². The van der Waals surface area contributed by atoms with Crippen molar-refractivity contribution in [3.05, 3.63) is 212 Å². The number of rotatable bonds is 24. The van der Waals surface area contributed by atoms with Gasteiger partial charge in [0.15, 0.2) is 23.3 Å². The van der Waals surface area contributed by atoms with Crippen molar-refractivity contribution < 1.29 is 58.6 Å². The predicted octanol–water partition coefficient (Wildman–Crippen LogP) is 15.8. The molecule has 8 aliphatic rings. The standard InChI is InChI=1S/4C26H26N4O3S/c2*1-16(2)33-22-7-6-17(12-18(22)14-27)25-28-24(29-34-25)20-4-3-5-21-19(20)8-9-26(21)13-23(32)30(15-26)10-11-31;2*1-16(2)33-22-7-6-17(12-18(22)14-27)24-28-25(34-29-24)20-4-3-5-21-19(20)8-9-26(21)13-23(32)30(15-26)10-11-31/h4*3-7,12,16,31H,8-11,13,15H2,1-2H3/t4*26-/m1010/s1. The van der Waals surface area contributed by atoms with Gasteiger partial charge < -0.3 is 59.0 Å². The fourth-order valence-electron chi connectivity index (χ4n) is 20.8. The van der Waals surface area contributed by atoms with Crippen LogP contribution in [0.1, 0.15) is 174 Å². The molecule has 8 heterocycles. The summed E-state index contributed by atoms with van der Waals surface area (Å²) < 4.78 is 41.4. The molecule has 4 aliphatic heterocycles. The van der Waals surface area contributed by atoms with E-state index >= 15 is 0 Å². The lowest BCUT2D eigenvalue weighted by molar-refractivity contribution is -0.128. The van der Waals surface area contributed by atoms with Crippen molar-refractivity contribution in [3.63, 3.8) is 0 Å². The lowest BCUT2D eigenvalue weighted by Gasteiger charge is -2.24. The number of nitriles is 4. The first kappa shape index (κ1) is 94.6. The number of aliphatic hydroxyl groups is 4. The van der Waals surface area contributed by atoms with Gasteiger partial charge in [-0.25, -0.2) is 19.9 Å². The zero-order valence-corrected chi connectivity index (χ0v) is 80.2. The van der Waals surface area contributed by atoms with Crippen molar-refractivity contribution in [1.29, 1.82) is 21.0 Å². The molecule has 4 aliphatic carbocycles. The van der Waals surface area contributed by atoms with Crippen molar-refractivity contribution >= 4 is 69.8 Å². The van der Waals surface area contributed by atoms with Crippen LogP contribution in [0.25, 0.3) is 87.8 Å². The maximum absolute atomic E-state index is 12.5. The number of carbonyl (C=O) groups is 4. The third-order valence-electron chi connectivity index (χ3n) is 26.7. The monoisotopic (exact) mass is 1900 g/mol. The van der Waals surface area contributed by atoms with Crippen LogP contribution in [0.15, 0.2) is 146 Å². The Morgan fingerprint density at radius 3 is 0.846 bits per heavy atom. The van der Waals surface area contributed by atoms with Crippen molar-refractivity contribution in [1.82, 2.24) is 57.0 Å². The van der Waals surface area contributed by atoms with E-state index in [0.717, 1.165) is 116 Å². The Bertz CT molecular complexity index is 5980. The van der Waals surface area contributed by atoms with Crippen molar-refractivity contribution in [2.24, 2.45) is 0 Å². The van der Waals surface area contributed by atoms with Crippen molar-refractivity contribution in [2.45, 2.75) is 179 Å². The summed E-state index contributed by atoms with van der Waals surface area (Å²) >= 11 is 5.32. The highest BCUT2D eigenvalue weighted by Gasteiger charge is 2.53. The molecule has 4 amide bonds. The number of nitrogens with zero attached hydrogens (tertiary/aromatic N) is 16. The molecule has 8 aromatic carbocycles. The van der Waals surface area contributed by atoms with Gasteiger partial charge in [0, 0.05) is 144 Å². The van der Waals surface area contributed by atoms with Crippen molar-refractivity contribution in [2.75, 3.05) is 78.8 Å². The predicted molar refractivity (Wildman–Crippen MR) is 518 cm³/mol. The number of aromatic nitrogens is 8. The Kier molecular flexibility index (Phi) is 27.9. The minimum absolute atomic E-state index is 0.0135. The second-order valence-corrected chi connectivity index (χ2v) is 40.0. The molecule has 0 saturated carbocycles.